The van der Waals surface area contributed by atoms with Crippen LogP contribution in [-0.2, 0) is 24.2 Å². The SMILES string of the molecule is CCc1cc(CC(=O)C2CCCS2)n(CC)n1. The number of nitrogens with zero attached hydrogens (tertiary/aromatic N) is 2. The third-order valence-electron chi connectivity index (χ3n) is 3.22. The second-order valence-electron chi connectivity index (χ2n) is 4.44. The van der Waals surface area contributed by atoms with Crippen molar-refractivity contribution in [1.82, 2.24) is 9.78 Å². The van der Waals surface area contributed by atoms with Gasteiger partial charge in [-0.1, -0.05) is 6.92 Å². The quantitative estimate of drug-likeness (QED) is 0.807. The summed E-state index contributed by atoms with van der Waals surface area (Å²) >= 11 is 1.82. The Morgan fingerprint density at radius 1 is 1.59 bits per heavy atom. The molecule has 0 radical (unpaired) electrons. The van der Waals surface area contributed by atoms with E-state index in [4.69, 9.17) is 0 Å². The van der Waals surface area contributed by atoms with Gasteiger partial charge in [-0.3, -0.25) is 9.48 Å². The number of carbonyl (C=O) groups is 1. The molecule has 1 aliphatic rings. The van der Waals surface area contributed by atoms with Crippen molar-refractivity contribution in [2.45, 2.75) is 51.3 Å². The molecule has 1 aliphatic heterocycles. The van der Waals surface area contributed by atoms with Crippen LogP contribution in [0.3, 0.4) is 0 Å². The lowest BCUT2D eigenvalue weighted by Gasteiger charge is -2.08. The zero-order valence-electron chi connectivity index (χ0n) is 10.6. The van der Waals surface area contributed by atoms with E-state index in [0.29, 0.717) is 12.2 Å². The van der Waals surface area contributed by atoms with Crippen LogP contribution in [0.2, 0.25) is 0 Å². The molecule has 0 spiro atoms. The van der Waals surface area contributed by atoms with Crippen LogP contribution in [0.1, 0.15) is 38.1 Å². The molecule has 3 nitrogen and oxygen atoms in total. The van der Waals surface area contributed by atoms with E-state index in [2.05, 4.69) is 25.0 Å². The maximum Gasteiger partial charge on any atom is 0.151 e. The van der Waals surface area contributed by atoms with Crippen LogP contribution in [0.25, 0.3) is 0 Å². The second-order valence-corrected chi connectivity index (χ2v) is 5.75. The van der Waals surface area contributed by atoms with Gasteiger partial charge in [0.1, 0.15) is 0 Å². The van der Waals surface area contributed by atoms with Gasteiger partial charge in [0.25, 0.3) is 0 Å². The summed E-state index contributed by atoms with van der Waals surface area (Å²) in [7, 11) is 0. The predicted octanol–water partition coefficient (Wildman–Crippen LogP) is 2.47. The number of aryl methyl sites for hydroxylation is 2. The fourth-order valence-corrected chi connectivity index (χ4v) is 3.45. The number of ketones is 1. The first-order valence-corrected chi connectivity index (χ1v) is 7.49. The Balaban J connectivity index is 2.06. The van der Waals surface area contributed by atoms with Crippen molar-refractivity contribution in [3.05, 3.63) is 17.5 Å². The molecule has 1 fully saturated rings. The lowest BCUT2D eigenvalue weighted by molar-refractivity contribution is -0.118. The van der Waals surface area contributed by atoms with Gasteiger partial charge >= 0.3 is 0 Å². The lowest BCUT2D eigenvalue weighted by Crippen LogP contribution is -2.18. The minimum Gasteiger partial charge on any atom is -0.298 e. The smallest absolute Gasteiger partial charge is 0.151 e. The molecule has 0 saturated carbocycles. The van der Waals surface area contributed by atoms with Crippen molar-refractivity contribution in [2.75, 3.05) is 5.75 Å². The number of rotatable bonds is 5. The third-order valence-corrected chi connectivity index (χ3v) is 4.65. The molecule has 4 heteroatoms. The summed E-state index contributed by atoms with van der Waals surface area (Å²) in [6.45, 7) is 5.02. The summed E-state index contributed by atoms with van der Waals surface area (Å²) in [6.07, 6.45) is 3.74. The maximum atomic E-state index is 12.1. The van der Waals surface area contributed by atoms with E-state index < -0.39 is 0 Å². The maximum absolute atomic E-state index is 12.1. The number of hydrogen-bond acceptors (Lipinski definition) is 3. The molecular weight excluding hydrogens is 232 g/mol. The number of carbonyl (C=O) groups excluding carboxylic acids is 1. The number of Topliss-reactive ketones (excluding diaryl/α,β-unsaturated/α-hetero) is 1. The molecule has 1 aromatic heterocycles. The number of aromatic nitrogens is 2. The zero-order valence-corrected chi connectivity index (χ0v) is 11.4. The summed E-state index contributed by atoms with van der Waals surface area (Å²) in [5.41, 5.74) is 2.18. The summed E-state index contributed by atoms with van der Waals surface area (Å²) < 4.78 is 1.97. The first-order valence-electron chi connectivity index (χ1n) is 6.44. The Morgan fingerprint density at radius 3 is 3.00 bits per heavy atom. The van der Waals surface area contributed by atoms with Crippen molar-refractivity contribution in [3.63, 3.8) is 0 Å². The highest BCUT2D eigenvalue weighted by atomic mass is 32.2. The van der Waals surface area contributed by atoms with Gasteiger partial charge in [0.15, 0.2) is 5.78 Å². The average molecular weight is 252 g/mol. The Morgan fingerprint density at radius 2 is 2.41 bits per heavy atom. The van der Waals surface area contributed by atoms with Gasteiger partial charge in [-0.05, 0) is 38.0 Å². The highest BCUT2D eigenvalue weighted by Crippen LogP contribution is 2.27. The highest BCUT2D eigenvalue weighted by Gasteiger charge is 2.24. The van der Waals surface area contributed by atoms with Gasteiger partial charge < -0.3 is 0 Å². The van der Waals surface area contributed by atoms with Crippen molar-refractivity contribution >= 4 is 17.5 Å². The molecule has 0 aromatic carbocycles. The fraction of sp³-hybridized carbons (Fsp3) is 0.692. The minimum atomic E-state index is 0.236. The molecule has 1 saturated heterocycles. The van der Waals surface area contributed by atoms with Crippen LogP contribution in [-0.4, -0.2) is 26.6 Å². The van der Waals surface area contributed by atoms with Gasteiger partial charge in [-0.25, -0.2) is 0 Å². The van der Waals surface area contributed by atoms with E-state index in [1.165, 1.54) is 6.42 Å². The van der Waals surface area contributed by atoms with E-state index in [1.807, 2.05) is 16.4 Å². The van der Waals surface area contributed by atoms with Crippen molar-refractivity contribution < 1.29 is 4.79 Å². The van der Waals surface area contributed by atoms with E-state index in [9.17, 15) is 4.79 Å². The molecule has 1 atom stereocenters. The molecule has 0 N–H and O–H groups in total. The van der Waals surface area contributed by atoms with Crippen molar-refractivity contribution in [3.8, 4) is 0 Å². The molecule has 2 rings (SSSR count). The summed E-state index contributed by atoms with van der Waals surface area (Å²) in [5, 5.41) is 4.72. The van der Waals surface area contributed by atoms with E-state index in [-0.39, 0.29) is 5.25 Å². The van der Waals surface area contributed by atoms with Crippen molar-refractivity contribution in [2.24, 2.45) is 0 Å². The Labute approximate surface area is 107 Å². The van der Waals surface area contributed by atoms with E-state index in [0.717, 1.165) is 36.5 Å². The summed E-state index contributed by atoms with van der Waals surface area (Å²) in [4.78, 5) is 12.1. The first-order chi connectivity index (χ1) is 8.24. The second kappa shape index (κ2) is 5.71. The van der Waals surface area contributed by atoms with Gasteiger partial charge in [-0.15, -0.1) is 0 Å². The topological polar surface area (TPSA) is 34.9 Å². The van der Waals surface area contributed by atoms with Crippen LogP contribution in [0, 0.1) is 0 Å². The average Bonchev–Trinajstić information content (AvgIpc) is 2.97. The third kappa shape index (κ3) is 2.92. The predicted molar refractivity (Wildman–Crippen MR) is 71.5 cm³/mol. The molecule has 17 heavy (non-hydrogen) atoms. The number of thioether (sulfide) groups is 1. The first kappa shape index (κ1) is 12.7. The Kier molecular flexibility index (Phi) is 4.26. The number of hydrogen-bond donors (Lipinski definition) is 0. The summed E-state index contributed by atoms with van der Waals surface area (Å²) in [5.74, 6) is 1.52. The molecule has 0 bridgehead atoms. The van der Waals surface area contributed by atoms with E-state index in [1.54, 1.807) is 0 Å². The Bertz CT molecular complexity index is 394. The van der Waals surface area contributed by atoms with Crippen LogP contribution in [0.15, 0.2) is 6.07 Å². The molecular formula is C13H20N2OS. The molecule has 1 aromatic rings. The lowest BCUT2D eigenvalue weighted by atomic mass is 10.1. The van der Waals surface area contributed by atoms with Gasteiger partial charge in [0.2, 0.25) is 0 Å². The highest BCUT2D eigenvalue weighted by molar-refractivity contribution is 8.00. The molecule has 2 heterocycles. The monoisotopic (exact) mass is 252 g/mol. The van der Waals surface area contributed by atoms with Crippen LogP contribution in [0.4, 0.5) is 0 Å². The Hall–Kier alpha value is -0.770. The summed E-state index contributed by atoms with van der Waals surface area (Å²) in [6, 6.07) is 2.08. The van der Waals surface area contributed by atoms with Gasteiger partial charge in [-0.2, -0.15) is 16.9 Å². The molecule has 0 aliphatic carbocycles. The van der Waals surface area contributed by atoms with Gasteiger partial charge in [0.05, 0.1) is 10.9 Å². The normalized spacial score (nSPS) is 19.8. The standard InChI is InChI=1S/C13H20N2OS/c1-3-10-8-11(15(4-2)14-10)9-12(16)13-6-5-7-17-13/h8,13H,3-7,9H2,1-2H3. The van der Waals surface area contributed by atoms with Crippen LogP contribution in [0.5, 0.6) is 0 Å². The minimum absolute atomic E-state index is 0.236. The fourth-order valence-electron chi connectivity index (χ4n) is 2.23. The molecule has 1 unspecified atom stereocenters. The van der Waals surface area contributed by atoms with Crippen LogP contribution >= 0.6 is 11.8 Å². The van der Waals surface area contributed by atoms with Crippen LogP contribution < -0.4 is 0 Å². The van der Waals surface area contributed by atoms with Crippen molar-refractivity contribution in [1.29, 1.82) is 0 Å². The zero-order chi connectivity index (χ0) is 12.3. The largest absolute Gasteiger partial charge is 0.298 e. The van der Waals surface area contributed by atoms with Gasteiger partial charge in [0, 0.05) is 18.7 Å². The molecule has 0 amide bonds. The molecule has 94 valence electrons. The van der Waals surface area contributed by atoms with E-state index >= 15 is 0 Å².